The first-order valence-electron chi connectivity index (χ1n) is 6.14. The van der Waals surface area contributed by atoms with Crippen LogP contribution in [0, 0.1) is 0 Å². The molecule has 1 aromatic rings. The maximum absolute atomic E-state index is 6.16. The smallest absolute Gasteiger partial charge is 0.126 e. The molecule has 0 saturated heterocycles. The number of hydrogen-bond donors (Lipinski definition) is 1. The van der Waals surface area contributed by atoms with Gasteiger partial charge in [0.2, 0.25) is 0 Å². The van der Waals surface area contributed by atoms with Gasteiger partial charge >= 0.3 is 0 Å². The van der Waals surface area contributed by atoms with E-state index in [4.69, 9.17) is 11.6 Å². The van der Waals surface area contributed by atoms with Gasteiger partial charge in [-0.3, -0.25) is 4.90 Å². The second-order valence-corrected chi connectivity index (χ2v) is 4.97. The maximum atomic E-state index is 6.16. The summed E-state index contributed by atoms with van der Waals surface area (Å²) in [5.74, 6) is 0.906. The summed E-state index contributed by atoms with van der Waals surface area (Å²) in [7, 11) is 2.08. The second-order valence-electron chi connectivity index (χ2n) is 4.56. The topological polar surface area (TPSA) is 28.2 Å². The van der Waals surface area contributed by atoms with Crippen molar-refractivity contribution in [2.24, 2.45) is 0 Å². The van der Waals surface area contributed by atoms with Gasteiger partial charge < -0.3 is 5.32 Å². The van der Waals surface area contributed by atoms with Crippen LogP contribution in [-0.4, -0.2) is 29.5 Å². The monoisotopic (exact) mass is 255 g/mol. The highest BCUT2D eigenvalue weighted by atomic mass is 35.5. The Morgan fingerprint density at radius 2 is 2.12 bits per heavy atom. The van der Waals surface area contributed by atoms with Crippen LogP contribution in [0.1, 0.15) is 32.9 Å². The van der Waals surface area contributed by atoms with E-state index in [1.807, 2.05) is 12.1 Å². The molecular weight excluding hydrogens is 234 g/mol. The average Bonchev–Trinajstić information content (AvgIpc) is 2.29. The summed E-state index contributed by atoms with van der Waals surface area (Å²) in [6, 6.07) is 4.33. The Kier molecular flexibility index (Phi) is 5.72. The van der Waals surface area contributed by atoms with Crippen LogP contribution in [0.3, 0.4) is 0 Å². The van der Waals surface area contributed by atoms with Crippen molar-refractivity contribution >= 4 is 17.4 Å². The van der Waals surface area contributed by atoms with E-state index in [1.165, 1.54) is 0 Å². The third kappa shape index (κ3) is 4.52. The van der Waals surface area contributed by atoms with E-state index in [0.29, 0.717) is 6.04 Å². The molecule has 96 valence electrons. The molecule has 0 atom stereocenters. The molecule has 1 rings (SSSR count). The van der Waals surface area contributed by atoms with Crippen molar-refractivity contribution in [2.75, 3.05) is 18.9 Å². The zero-order valence-electron chi connectivity index (χ0n) is 11.1. The quantitative estimate of drug-likeness (QED) is 0.845. The van der Waals surface area contributed by atoms with Gasteiger partial charge in [-0.25, -0.2) is 4.98 Å². The number of hydrogen-bond acceptors (Lipinski definition) is 3. The molecule has 3 nitrogen and oxygen atoms in total. The molecule has 4 heteroatoms. The lowest BCUT2D eigenvalue weighted by Gasteiger charge is -2.21. The predicted molar refractivity (Wildman–Crippen MR) is 74.6 cm³/mol. The summed E-state index contributed by atoms with van der Waals surface area (Å²) >= 11 is 6.16. The second kappa shape index (κ2) is 6.82. The molecule has 0 spiro atoms. The summed E-state index contributed by atoms with van der Waals surface area (Å²) in [6.45, 7) is 8.17. The van der Waals surface area contributed by atoms with Crippen molar-refractivity contribution in [1.29, 1.82) is 0 Å². The zero-order valence-corrected chi connectivity index (χ0v) is 11.9. The number of anilines is 1. The maximum Gasteiger partial charge on any atom is 0.126 e. The molecular formula is C13H22ClN3. The fraction of sp³-hybridized carbons (Fsp3) is 0.615. The van der Waals surface area contributed by atoms with Crippen molar-refractivity contribution < 1.29 is 0 Å². The molecule has 0 aromatic carbocycles. The van der Waals surface area contributed by atoms with Crippen molar-refractivity contribution in [1.82, 2.24) is 9.88 Å². The number of nitrogens with zero attached hydrogens (tertiary/aromatic N) is 2. The minimum absolute atomic E-state index is 0.486. The van der Waals surface area contributed by atoms with Gasteiger partial charge in [0.1, 0.15) is 5.82 Å². The largest absolute Gasteiger partial charge is 0.370 e. The van der Waals surface area contributed by atoms with Gasteiger partial charge in [0, 0.05) is 19.1 Å². The summed E-state index contributed by atoms with van der Waals surface area (Å²) in [5.41, 5.74) is 0.934. The highest BCUT2D eigenvalue weighted by molar-refractivity contribution is 6.31. The van der Waals surface area contributed by atoms with Gasteiger partial charge in [-0.1, -0.05) is 18.5 Å². The first-order chi connectivity index (χ1) is 8.04. The van der Waals surface area contributed by atoms with Crippen LogP contribution in [0.4, 0.5) is 5.82 Å². The molecule has 0 aliphatic carbocycles. The number of aromatic nitrogens is 1. The van der Waals surface area contributed by atoms with Crippen LogP contribution in [0.15, 0.2) is 12.1 Å². The lowest BCUT2D eigenvalue weighted by atomic mass is 10.3. The Hall–Kier alpha value is -0.800. The molecule has 0 radical (unpaired) electrons. The fourth-order valence-electron chi connectivity index (χ4n) is 1.37. The van der Waals surface area contributed by atoms with E-state index in [9.17, 15) is 0 Å². The molecule has 0 saturated carbocycles. The Morgan fingerprint density at radius 1 is 1.41 bits per heavy atom. The van der Waals surface area contributed by atoms with Crippen molar-refractivity contribution in [3.8, 4) is 0 Å². The molecule has 0 aliphatic rings. The normalized spacial score (nSPS) is 11.2. The molecule has 0 aliphatic heterocycles. The molecule has 17 heavy (non-hydrogen) atoms. The van der Waals surface area contributed by atoms with Gasteiger partial charge in [-0.15, -0.1) is 0 Å². The van der Waals surface area contributed by atoms with E-state index in [0.717, 1.165) is 36.0 Å². The van der Waals surface area contributed by atoms with E-state index in [-0.39, 0.29) is 0 Å². The Bertz CT molecular complexity index is 353. The predicted octanol–water partition coefficient (Wildman–Crippen LogP) is 3.40. The minimum atomic E-state index is 0.486. The van der Waals surface area contributed by atoms with E-state index in [2.05, 4.69) is 43.0 Å². The number of rotatable bonds is 6. The van der Waals surface area contributed by atoms with Gasteiger partial charge in [0.15, 0.2) is 0 Å². The number of pyridine rings is 1. The summed E-state index contributed by atoms with van der Waals surface area (Å²) in [6.07, 6.45) is 1.09. The van der Waals surface area contributed by atoms with Crippen LogP contribution in [0.25, 0.3) is 0 Å². The third-order valence-corrected chi connectivity index (χ3v) is 3.10. The number of nitrogens with one attached hydrogen (secondary N) is 1. The molecule has 1 heterocycles. The van der Waals surface area contributed by atoms with Gasteiger partial charge in [-0.05, 0) is 39.4 Å². The Balaban J connectivity index is 2.75. The fourth-order valence-corrected chi connectivity index (χ4v) is 1.53. The Labute approximate surface area is 109 Å². The lowest BCUT2D eigenvalue weighted by molar-refractivity contribution is 0.263. The minimum Gasteiger partial charge on any atom is -0.370 e. The van der Waals surface area contributed by atoms with Crippen LogP contribution < -0.4 is 5.32 Å². The third-order valence-electron chi connectivity index (χ3n) is 2.76. The van der Waals surface area contributed by atoms with E-state index < -0.39 is 0 Å². The van der Waals surface area contributed by atoms with Crippen LogP contribution in [0.2, 0.25) is 5.02 Å². The van der Waals surface area contributed by atoms with E-state index in [1.54, 1.807) is 0 Å². The first kappa shape index (κ1) is 14.3. The SMILES string of the molecule is CCCNc1ccc(Cl)c(CN(C)C(C)C)n1. The standard InChI is InChI=1S/C13H22ClN3/c1-5-8-15-13-7-6-11(14)12(16-13)9-17(4)10(2)3/h6-7,10H,5,8-9H2,1-4H3,(H,15,16). The molecule has 0 amide bonds. The number of halogens is 1. The van der Waals surface area contributed by atoms with Gasteiger partial charge in [-0.2, -0.15) is 0 Å². The highest BCUT2D eigenvalue weighted by Gasteiger charge is 2.09. The summed E-state index contributed by atoms with van der Waals surface area (Å²) < 4.78 is 0. The first-order valence-corrected chi connectivity index (χ1v) is 6.52. The van der Waals surface area contributed by atoms with Crippen LogP contribution in [0.5, 0.6) is 0 Å². The average molecular weight is 256 g/mol. The van der Waals surface area contributed by atoms with Crippen molar-refractivity contribution in [3.05, 3.63) is 22.8 Å². The van der Waals surface area contributed by atoms with Crippen molar-refractivity contribution in [3.63, 3.8) is 0 Å². The highest BCUT2D eigenvalue weighted by Crippen LogP contribution is 2.18. The summed E-state index contributed by atoms with van der Waals surface area (Å²) in [4.78, 5) is 6.77. The molecule has 0 unspecified atom stereocenters. The molecule has 1 aromatic heterocycles. The van der Waals surface area contributed by atoms with Gasteiger partial charge in [0.25, 0.3) is 0 Å². The van der Waals surface area contributed by atoms with Crippen LogP contribution in [-0.2, 0) is 6.54 Å². The van der Waals surface area contributed by atoms with Gasteiger partial charge in [0.05, 0.1) is 10.7 Å². The van der Waals surface area contributed by atoms with Crippen LogP contribution >= 0.6 is 11.6 Å². The van der Waals surface area contributed by atoms with E-state index >= 15 is 0 Å². The molecule has 1 N–H and O–H groups in total. The Morgan fingerprint density at radius 3 is 2.71 bits per heavy atom. The van der Waals surface area contributed by atoms with Crippen molar-refractivity contribution in [2.45, 2.75) is 39.8 Å². The molecule has 0 fully saturated rings. The lowest BCUT2D eigenvalue weighted by Crippen LogP contribution is -2.26. The zero-order chi connectivity index (χ0) is 12.8. The molecule has 0 bridgehead atoms. The summed E-state index contributed by atoms with van der Waals surface area (Å²) in [5, 5.41) is 4.01.